The van der Waals surface area contributed by atoms with Crippen molar-refractivity contribution in [3.8, 4) is 0 Å². The molecule has 2 unspecified atom stereocenters. The molecule has 0 aromatic heterocycles. The summed E-state index contributed by atoms with van der Waals surface area (Å²) in [5.74, 6) is -1.37. The number of rotatable bonds is 6. The summed E-state index contributed by atoms with van der Waals surface area (Å²) in [4.78, 5) is 27.3. The molecule has 2 atom stereocenters. The van der Waals surface area contributed by atoms with Gasteiger partial charge in [-0.2, -0.15) is 0 Å². The molecule has 0 aliphatic carbocycles. The van der Waals surface area contributed by atoms with Gasteiger partial charge in [-0.1, -0.05) is 42.5 Å². The zero-order valence-electron chi connectivity index (χ0n) is 15.9. The first-order valence-electron chi connectivity index (χ1n) is 9.49. The minimum absolute atomic E-state index is 0.0314. The number of ether oxygens (including phenoxy) is 1. The number of carbonyl (C=O) groups excluding carboxylic acids is 2. The molecule has 0 saturated carbocycles. The second kappa shape index (κ2) is 9.46. The fraction of sp³-hybridized carbons (Fsp3) is 0.364. The second-order valence-electron chi connectivity index (χ2n) is 6.92. The Morgan fingerprint density at radius 1 is 1.11 bits per heavy atom. The number of nitrogens with one attached hydrogen (secondary N) is 1. The third-order valence-corrected chi connectivity index (χ3v) is 5.11. The van der Waals surface area contributed by atoms with Crippen LogP contribution in [-0.4, -0.2) is 43.5 Å². The highest BCUT2D eigenvalue weighted by atomic mass is 19.1. The van der Waals surface area contributed by atoms with Gasteiger partial charge in [-0.15, -0.1) is 0 Å². The van der Waals surface area contributed by atoms with Crippen LogP contribution in [-0.2, 0) is 9.53 Å². The number of amides is 2. The number of carbonyl (C=O) groups is 2. The number of benzene rings is 2. The van der Waals surface area contributed by atoms with Gasteiger partial charge in [0, 0.05) is 20.2 Å². The summed E-state index contributed by atoms with van der Waals surface area (Å²) >= 11 is 0. The van der Waals surface area contributed by atoms with Crippen LogP contribution in [0, 0.1) is 11.7 Å². The minimum atomic E-state index is -0.550. The van der Waals surface area contributed by atoms with E-state index in [0.29, 0.717) is 26.0 Å². The number of methoxy groups -OCH3 is 1. The SMILES string of the molecule is COCCNC(=O)C1CCC(c2ccccc2)N(C(=O)c2ccccc2F)C1. The van der Waals surface area contributed by atoms with Gasteiger partial charge in [0.05, 0.1) is 24.1 Å². The maximum absolute atomic E-state index is 14.2. The Kier molecular flexibility index (Phi) is 6.76. The van der Waals surface area contributed by atoms with Crippen molar-refractivity contribution < 1.29 is 18.7 Å². The third kappa shape index (κ3) is 4.57. The van der Waals surface area contributed by atoms with E-state index in [1.807, 2.05) is 30.3 Å². The summed E-state index contributed by atoms with van der Waals surface area (Å²) in [6.45, 7) is 1.11. The molecule has 1 heterocycles. The summed E-state index contributed by atoms with van der Waals surface area (Å²) in [6.07, 6.45) is 1.31. The van der Waals surface area contributed by atoms with Crippen molar-refractivity contribution in [1.82, 2.24) is 10.2 Å². The van der Waals surface area contributed by atoms with Crippen molar-refractivity contribution in [2.24, 2.45) is 5.92 Å². The fourth-order valence-corrected chi connectivity index (χ4v) is 3.64. The van der Waals surface area contributed by atoms with Crippen molar-refractivity contribution in [2.75, 3.05) is 26.8 Å². The van der Waals surface area contributed by atoms with Crippen LogP contribution in [0.25, 0.3) is 0 Å². The molecule has 2 aromatic carbocycles. The predicted molar refractivity (Wildman–Crippen MR) is 104 cm³/mol. The molecule has 2 aromatic rings. The first-order valence-corrected chi connectivity index (χ1v) is 9.49. The van der Waals surface area contributed by atoms with E-state index in [4.69, 9.17) is 4.74 Å². The molecule has 5 nitrogen and oxygen atoms in total. The monoisotopic (exact) mass is 384 g/mol. The Hall–Kier alpha value is -2.73. The number of nitrogens with zero attached hydrogens (tertiary/aromatic N) is 1. The van der Waals surface area contributed by atoms with E-state index in [9.17, 15) is 14.0 Å². The van der Waals surface area contributed by atoms with Crippen LogP contribution in [0.4, 0.5) is 4.39 Å². The number of hydrogen-bond donors (Lipinski definition) is 1. The lowest BCUT2D eigenvalue weighted by Crippen LogP contribution is -2.47. The molecule has 1 aliphatic rings. The Morgan fingerprint density at radius 3 is 2.54 bits per heavy atom. The smallest absolute Gasteiger partial charge is 0.257 e. The van der Waals surface area contributed by atoms with Gasteiger partial charge in [0.1, 0.15) is 5.82 Å². The van der Waals surface area contributed by atoms with Crippen molar-refractivity contribution in [3.63, 3.8) is 0 Å². The number of piperidine rings is 1. The Morgan fingerprint density at radius 2 is 1.82 bits per heavy atom. The fourth-order valence-electron chi connectivity index (χ4n) is 3.64. The van der Waals surface area contributed by atoms with E-state index in [2.05, 4.69) is 5.32 Å². The molecule has 0 radical (unpaired) electrons. The molecule has 1 aliphatic heterocycles. The Labute approximate surface area is 164 Å². The Balaban J connectivity index is 1.84. The Bertz CT molecular complexity index is 812. The molecule has 3 rings (SSSR count). The van der Waals surface area contributed by atoms with Crippen LogP contribution < -0.4 is 5.32 Å². The zero-order valence-corrected chi connectivity index (χ0v) is 15.9. The molecule has 0 spiro atoms. The topological polar surface area (TPSA) is 58.6 Å². The molecule has 1 N–H and O–H groups in total. The van der Waals surface area contributed by atoms with Crippen molar-refractivity contribution >= 4 is 11.8 Å². The van der Waals surface area contributed by atoms with Gasteiger partial charge < -0.3 is 15.0 Å². The predicted octanol–water partition coefficient (Wildman–Crippen LogP) is 3.18. The van der Waals surface area contributed by atoms with E-state index in [1.54, 1.807) is 24.1 Å². The number of hydrogen-bond acceptors (Lipinski definition) is 3. The average molecular weight is 384 g/mol. The number of likely N-dealkylation sites (tertiary alicyclic amines) is 1. The van der Waals surface area contributed by atoms with Crippen LogP contribution in [0.5, 0.6) is 0 Å². The summed E-state index contributed by atoms with van der Waals surface area (Å²) in [5, 5.41) is 2.84. The van der Waals surface area contributed by atoms with Gasteiger partial charge in [-0.05, 0) is 30.5 Å². The molecule has 0 bridgehead atoms. The lowest BCUT2D eigenvalue weighted by molar-refractivity contribution is -0.127. The molecular formula is C22H25FN2O3. The lowest BCUT2D eigenvalue weighted by Gasteiger charge is -2.39. The first-order chi connectivity index (χ1) is 13.6. The van der Waals surface area contributed by atoms with E-state index >= 15 is 0 Å². The normalized spacial score (nSPS) is 19.3. The first kappa shape index (κ1) is 20.0. The van der Waals surface area contributed by atoms with E-state index < -0.39 is 5.82 Å². The second-order valence-corrected chi connectivity index (χ2v) is 6.92. The average Bonchev–Trinajstić information content (AvgIpc) is 2.74. The quantitative estimate of drug-likeness (QED) is 0.779. The van der Waals surface area contributed by atoms with Gasteiger partial charge in [0.2, 0.25) is 5.91 Å². The maximum atomic E-state index is 14.2. The zero-order chi connectivity index (χ0) is 19.9. The van der Waals surface area contributed by atoms with E-state index in [1.165, 1.54) is 12.1 Å². The summed E-state index contributed by atoms with van der Waals surface area (Å²) in [6, 6.07) is 15.5. The lowest BCUT2D eigenvalue weighted by atomic mass is 9.87. The highest BCUT2D eigenvalue weighted by molar-refractivity contribution is 5.95. The molecular weight excluding hydrogens is 359 g/mol. The molecule has 6 heteroatoms. The van der Waals surface area contributed by atoms with Crippen LogP contribution in [0.15, 0.2) is 54.6 Å². The van der Waals surface area contributed by atoms with E-state index in [0.717, 1.165) is 5.56 Å². The summed E-state index contributed by atoms with van der Waals surface area (Å²) in [7, 11) is 1.58. The highest BCUT2D eigenvalue weighted by Crippen LogP contribution is 2.34. The van der Waals surface area contributed by atoms with Gasteiger partial charge in [-0.3, -0.25) is 9.59 Å². The van der Waals surface area contributed by atoms with Crippen molar-refractivity contribution in [3.05, 3.63) is 71.5 Å². The molecule has 2 amide bonds. The van der Waals surface area contributed by atoms with Gasteiger partial charge in [0.25, 0.3) is 5.91 Å². The highest BCUT2D eigenvalue weighted by Gasteiger charge is 2.36. The van der Waals surface area contributed by atoms with Crippen molar-refractivity contribution in [2.45, 2.75) is 18.9 Å². The van der Waals surface area contributed by atoms with Crippen LogP contribution >= 0.6 is 0 Å². The third-order valence-electron chi connectivity index (χ3n) is 5.11. The molecule has 1 saturated heterocycles. The molecule has 1 fully saturated rings. The summed E-state index contributed by atoms with van der Waals surface area (Å²) in [5.41, 5.74) is 1.02. The number of halogens is 1. The van der Waals surface area contributed by atoms with Crippen LogP contribution in [0.1, 0.15) is 34.8 Å². The van der Waals surface area contributed by atoms with Crippen molar-refractivity contribution in [1.29, 1.82) is 0 Å². The van der Waals surface area contributed by atoms with Gasteiger partial charge >= 0.3 is 0 Å². The molecule has 148 valence electrons. The van der Waals surface area contributed by atoms with Gasteiger partial charge in [-0.25, -0.2) is 4.39 Å². The largest absolute Gasteiger partial charge is 0.383 e. The molecule has 28 heavy (non-hydrogen) atoms. The standard InChI is InChI=1S/C22H25FN2O3/c1-28-14-13-24-21(26)17-11-12-20(16-7-3-2-4-8-16)25(15-17)22(27)18-9-5-6-10-19(18)23/h2-10,17,20H,11-15H2,1H3,(H,24,26). The van der Waals surface area contributed by atoms with Gasteiger partial charge in [0.15, 0.2) is 0 Å². The van der Waals surface area contributed by atoms with Crippen LogP contribution in [0.3, 0.4) is 0 Å². The van der Waals surface area contributed by atoms with E-state index in [-0.39, 0.29) is 35.9 Å². The maximum Gasteiger partial charge on any atom is 0.257 e. The summed E-state index contributed by atoms with van der Waals surface area (Å²) < 4.78 is 19.2. The minimum Gasteiger partial charge on any atom is -0.383 e. The van der Waals surface area contributed by atoms with Crippen LogP contribution in [0.2, 0.25) is 0 Å².